The summed E-state index contributed by atoms with van der Waals surface area (Å²) in [7, 11) is 0. The number of amides is 1. The summed E-state index contributed by atoms with van der Waals surface area (Å²) < 4.78 is 0. The molecular weight excluding hydrogens is 429 g/mol. The molecule has 2 N–H and O–H groups in total. The number of hydrogen-bond acceptors (Lipinski definition) is 3. The third kappa shape index (κ3) is 7.68. The summed E-state index contributed by atoms with van der Waals surface area (Å²) in [5.74, 6) is 0.905. The summed E-state index contributed by atoms with van der Waals surface area (Å²) in [4.78, 5) is 21.1. The van der Waals surface area contributed by atoms with Crippen molar-refractivity contribution in [2.75, 3.05) is 45.8 Å². The van der Waals surface area contributed by atoms with E-state index in [2.05, 4.69) is 34.4 Å². The topological polar surface area (TPSA) is 60.0 Å². The molecule has 0 aromatic rings. The summed E-state index contributed by atoms with van der Waals surface area (Å²) in [5, 5.41) is 6.63. The van der Waals surface area contributed by atoms with E-state index in [1.807, 2.05) is 4.90 Å². The van der Waals surface area contributed by atoms with Gasteiger partial charge in [-0.25, -0.2) is 4.99 Å². The van der Waals surface area contributed by atoms with Gasteiger partial charge >= 0.3 is 0 Å². The van der Waals surface area contributed by atoms with Gasteiger partial charge in [0.25, 0.3) is 0 Å². The zero-order valence-corrected chi connectivity index (χ0v) is 18.3. The first-order chi connectivity index (χ1) is 11.7. The van der Waals surface area contributed by atoms with Gasteiger partial charge in [-0.15, -0.1) is 24.0 Å². The monoisotopic (exact) mass is 465 g/mol. The van der Waals surface area contributed by atoms with Crippen molar-refractivity contribution in [1.82, 2.24) is 20.4 Å². The van der Waals surface area contributed by atoms with Crippen molar-refractivity contribution in [1.29, 1.82) is 0 Å². The van der Waals surface area contributed by atoms with Crippen molar-refractivity contribution >= 4 is 35.8 Å². The van der Waals surface area contributed by atoms with Crippen LogP contribution in [0.3, 0.4) is 0 Å². The van der Waals surface area contributed by atoms with Crippen molar-refractivity contribution in [3.8, 4) is 0 Å². The zero-order chi connectivity index (χ0) is 17.2. The smallest absolute Gasteiger partial charge is 0.244 e. The molecule has 2 heterocycles. The Kier molecular flexibility index (Phi) is 11.4. The van der Waals surface area contributed by atoms with Gasteiger partial charge in [-0.1, -0.05) is 13.3 Å². The Morgan fingerprint density at radius 2 is 1.80 bits per heavy atom. The molecule has 0 spiro atoms. The fourth-order valence-electron chi connectivity index (χ4n) is 3.69. The highest BCUT2D eigenvalue weighted by atomic mass is 127. The predicted molar refractivity (Wildman–Crippen MR) is 115 cm³/mol. The van der Waals surface area contributed by atoms with Crippen LogP contribution >= 0.6 is 24.0 Å². The molecule has 6 nitrogen and oxygen atoms in total. The summed E-state index contributed by atoms with van der Waals surface area (Å²) in [6.45, 7) is 10.3. The zero-order valence-electron chi connectivity index (χ0n) is 15.9. The summed E-state index contributed by atoms with van der Waals surface area (Å²) in [5.41, 5.74) is 0. The molecule has 0 bridgehead atoms. The van der Waals surface area contributed by atoms with Crippen LogP contribution in [0.4, 0.5) is 0 Å². The lowest BCUT2D eigenvalue weighted by molar-refractivity contribution is -0.128. The maximum Gasteiger partial charge on any atom is 0.244 e. The Bertz CT molecular complexity index is 412. The minimum atomic E-state index is 0. The van der Waals surface area contributed by atoms with E-state index in [9.17, 15) is 4.79 Å². The van der Waals surface area contributed by atoms with Crippen molar-refractivity contribution in [3.63, 3.8) is 0 Å². The van der Waals surface area contributed by atoms with Gasteiger partial charge in [-0.05, 0) is 45.6 Å². The molecule has 0 aromatic carbocycles. The van der Waals surface area contributed by atoms with E-state index < -0.39 is 0 Å². The number of carbonyl (C=O) groups excluding carboxylic acids is 1. The van der Waals surface area contributed by atoms with Gasteiger partial charge in [-0.3, -0.25) is 9.69 Å². The molecule has 7 heteroatoms. The Hall–Kier alpha value is -0.570. The van der Waals surface area contributed by atoms with E-state index >= 15 is 0 Å². The molecule has 2 aliphatic rings. The van der Waals surface area contributed by atoms with E-state index in [0.29, 0.717) is 0 Å². The van der Waals surface area contributed by atoms with Crippen LogP contribution in [0, 0.1) is 0 Å². The molecule has 0 radical (unpaired) electrons. The highest BCUT2D eigenvalue weighted by Crippen LogP contribution is 2.18. The number of guanidine groups is 1. The molecule has 2 aliphatic heterocycles. The lowest BCUT2D eigenvalue weighted by atomic mass is 10.0. The van der Waals surface area contributed by atoms with E-state index in [4.69, 9.17) is 0 Å². The highest BCUT2D eigenvalue weighted by Gasteiger charge is 2.20. The Labute approximate surface area is 170 Å². The molecule has 1 atom stereocenters. The van der Waals surface area contributed by atoms with Crippen molar-refractivity contribution < 1.29 is 4.79 Å². The van der Waals surface area contributed by atoms with Crippen LogP contribution < -0.4 is 10.6 Å². The quantitative estimate of drug-likeness (QED) is 0.343. The molecule has 0 aliphatic carbocycles. The van der Waals surface area contributed by atoms with Crippen LogP contribution in [0.5, 0.6) is 0 Å². The number of aliphatic imine (C=N–C) groups is 1. The third-order valence-corrected chi connectivity index (χ3v) is 5.09. The Balaban J connectivity index is 0.00000312. The normalized spacial score (nSPS) is 21.8. The number of nitrogens with zero attached hydrogens (tertiary/aromatic N) is 3. The Morgan fingerprint density at radius 3 is 2.48 bits per heavy atom. The summed E-state index contributed by atoms with van der Waals surface area (Å²) in [6.07, 6.45) is 7.50. The number of nitrogens with one attached hydrogen (secondary N) is 2. The van der Waals surface area contributed by atoms with Crippen molar-refractivity contribution in [2.45, 2.75) is 58.4 Å². The maximum atomic E-state index is 12.1. The van der Waals surface area contributed by atoms with Gasteiger partial charge in [0.15, 0.2) is 5.96 Å². The number of hydrogen-bond donors (Lipinski definition) is 2. The minimum absolute atomic E-state index is 0. The number of piperidine rings is 1. The average Bonchev–Trinajstić information content (AvgIpc) is 3.14. The molecule has 146 valence electrons. The van der Waals surface area contributed by atoms with Crippen LogP contribution in [0.2, 0.25) is 0 Å². The van der Waals surface area contributed by atoms with E-state index in [1.54, 1.807) is 0 Å². The second kappa shape index (κ2) is 12.7. The molecular formula is C18H36IN5O. The largest absolute Gasteiger partial charge is 0.357 e. The number of carbonyl (C=O) groups is 1. The fraction of sp³-hybridized carbons (Fsp3) is 0.889. The van der Waals surface area contributed by atoms with Gasteiger partial charge in [0, 0.05) is 38.8 Å². The van der Waals surface area contributed by atoms with Crippen LogP contribution in [-0.4, -0.2) is 73.5 Å². The first-order valence-corrected chi connectivity index (χ1v) is 9.78. The van der Waals surface area contributed by atoms with Crippen LogP contribution in [0.1, 0.15) is 52.4 Å². The fourth-order valence-corrected chi connectivity index (χ4v) is 3.69. The van der Waals surface area contributed by atoms with Gasteiger partial charge in [0.1, 0.15) is 6.54 Å². The third-order valence-electron chi connectivity index (χ3n) is 5.09. The first kappa shape index (κ1) is 22.5. The Morgan fingerprint density at radius 1 is 1.08 bits per heavy atom. The van der Waals surface area contributed by atoms with Gasteiger partial charge in [0.2, 0.25) is 5.91 Å². The molecule has 25 heavy (non-hydrogen) atoms. The van der Waals surface area contributed by atoms with Crippen LogP contribution in [0.15, 0.2) is 4.99 Å². The molecule has 2 saturated heterocycles. The standard InChI is InChI=1S/C18H35N5O.HI/c1-3-16-9-5-6-11-22(16)14-10-20-18(19-4-2)21-15-17(24)23-12-7-8-13-23;/h16H,3-15H2,1-2H3,(H2,19,20,21);1H. The van der Waals surface area contributed by atoms with Crippen LogP contribution in [0.25, 0.3) is 0 Å². The summed E-state index contributed by atoms with van der Waals surface area (Å²) in [6, 6.07) is 0.733. The average molecular weight is 465 g/mol. The maximum absolute atomic E-state index is 12.1. The first-order valence-electron chi connectivity index (χ1n) is 9.78. The van der Waals surface area contributed by atoms with E-state index in [0.717, 1.165) is 57.6 Å². The summed E-state index contributed by atoms with van der Waals surface area (Å²) >= 11 is 0. The van der Waals surface area contributed by atoms with Crippen LogP contribution in [-0.2, 0) is 4.79 Å². The number of likely N-dealkylation sites (tertiary alicyclic amines) is 2. The number of rotatable bonds is 7. The molecule has 2 rings (SSSR count). The molecule has 1 amide bonds. The SMILES string of the molecule is CCNC(=NCC(=O)N1CCCC1)NCCN1CCCCC1CC.I. The lowest BCUT2D eigenvalue weighted by Gasteiger charge is -2.35. The molecule has 0 saturated carbocycles. The second-order valence-corrected chi connectivity index (χ2v) is 6.80. The van der Waals surface area contributed by atoms with Crippen molar-refractivity contribution in [2.24, 2.45) is 4.99 Å². The van der Waals surface area contributed by atoms with Gasteiger partial charge < -0.3 is 15.5 Å². The lowest BCUT2D eigenvalue weighted by Crippen LogP contribution is -2.46. The molecule has 2 fully saturated rings. The van der Waals surface area contributed by atoms with Gasteiger partial charge in [-0.2, -0.15) is 0 Å². The van der Waals surface area contributed by atoms with Crippen molar-refractivity contribution in [3.05, 3.63) is 0 Å². The minimum Gasteiger partial charge on any atom is -0.357 e. The number of halogens is 1. The predicted octanol–water partition coefficient (Wildman–Crippen LogP) is 2.05. The van der Waals surface area contributed by atoms with E-state index in [1.165, 1.54) is 32.2 Å². The highest BCUT2D eigenvalue weighted by molar-refractivity contribution is 14.0. The van der Waals surface area contributed by atoms with Gasteiger partial charge in [0.05, 0.1) is 0 Å². The second-order valence-electron chi connectivity index (χ2n) is 6.80. The van der Waals surface area contributed by atoms with E-state index in [-0.39, 0.29) is 36.4 Å². The molecule has 1 unspecified atom stereocenters. The molecule has 0 aromatic heterocycles.